The molecule has 0 fully saturated rings. The van der Waals surface area contributed by atoms with E-state index < -0.39 is 17.2 Å². The number of hydrogen-bond donors (Lipinski definition) is 4. The lowest BCUT2D eigenvalue weighted by Gasteiger charge is -2.09. The van der Waals surface area contributed by atoms with Crippen molar-refractivity contribution in [3.63, 3.8) is 0 Å². The van der Waals surface area contributed by atoms with Crippen LogP contribution in [0.2, 0.25) is 0 Å². The highest BCUT2D eigenvalue weighted by molar-refractivity contribution is 5.84. The first-order valence-corrected chi connectivity index (χ1v) is 6.89. The van der Waals surface area contributed by atoms with Crippen molar-refractivity contribution < 1.29 is 19.4 Å². The minimum Gasteiger partial charge on any atom is -0.502 e. The molecule has 2 rings (SSSR count). The van der Waals surface area contributed by atoms with Gasteiger partial charge < -0.3 is 14.6 Å². The predicted molar refractivity (Wildman–Crippen MR) is 86.1 cm³/mol. The highest BCUT2D eigenvalue weighted by Gasteiger charge is 2.11. The van der Waals surface area contributed by atoms with Crippen molar-refractivity contribution in [3.8, 4) is 17.2 Å². The van der Waals surface area contributed by atoms with Crippen molar-refractivity contribution in [2.75, 3.05) is 14.2 Å². The van der Waals surface area contributed by atoms with E-state index in [1.54, 1.807) is 0 Å². The zero-order valence-corrected chi connectivity index (χ0v) is 13.3. The molecule has 0 aliphatic heterocycles. The van der Waals surface area contributed by atoms with Crippen LogP contribution in [0.15, 0.2) is 26.8 Å². The number of rotatable bonds is 6. The van der Waals surface area contributed by atoms with Crippen LogP contribution in [0, 0.1) is 0 Å². The van der Waals surface area contributed by atoms with E-state index in [4.69, 9.17) is 9.47 Å². The largest absolute Gasteiger partial charge is 0.502 e. The Morgan fingerprint density at radius 3 is 2.52 bits per heavy atom. The maximum atomic E-state index is 11.7. The average molecular weight is 349 g/mol. The summed E-state index contributed by atoms with van der Waals surface area (Å²) in [7, 11) is 2.76. The van der Waals surface area contributed by atoms with Gasteiger partial charge in [0.05, 0.1) is 26.9 Å². The lowest BCUT2D eigenvalue weighted by atomic mass is 10.2. The van der Waals surface area contributed by atoms with E-state index in [9.17, 15) is 19.5 Å². The predicted octanol–water partition coefficient (Wildman–Crippen LogP) is -1.13. The number of H-pyrrole nitrogens is 2. The number of nitrogens with zero attached hydrogens (tertiary/aromatic N) is 2. The number of phenols is 1. The number of aromatic nitrogens is 3. The van der Waals surface area contributed by atoms with Crippen LogP contribution in [0.25, 0.3) is 0 Å². The molecule has 0 unspecified atom stereocenters. The minimum absolute atomic E-state index is 0.153. The number of phenolic OH excluding ortho intramolecular Hbond substituents is 1. The number of hydrogen-bond acceptors (Lipinski definition) is 8. The topological polar surface area (TPSA) is 159 Å². The van der Waals surface area contributed by atoms with Gasteiger partial charge in [0.15, 0.2) is 11.5 Å². The molecule has 4 N–H and O–H groups in total. The molecule has 0 spiro atoms. The van der Waals surface area contributed by atoms with Crippen LogP contribution in [-0.4, -0.2) is 46.6 Å². The van der Waals surface area contributed by atoms with Crippen LogP contribution in [-0.2, 0) is 11.2 Å². The third-order valence-electron chi connectivity index (χ3n) is 3.01. The third kappa shape index (κ3) is 4.43. The molecule has 1 amide bonds. The third-order valence-corrected chi connectivity index (χ3v) is 3.01. The van der Waals surface area contributed by atoms with E-state index in [0.29, 0.717) is 5.56 Å². The molecular formula is C14H15N5O6. The fourth-order valence-electron chi connectivity index (χ4n) is 1.85. The lowest BCUT2D eigenvalue weighted by Crippen LogP contribution is -2.31. The van der Waals surface area contributed by atoms with Gasteiger partial charge >= 0.3 is 5.69 Å². The molecular weight excluding hydrogens is 334 g/mol. The van der Waals surface area contributed by atoms with E-state index in [1.165, 1.54) is 32.6 Å². The molecule has 1 aromatic carbocycles. The van der Waals surface area contributed by atoms with Gasteiger partial charge in [-0.25, -0.2) is 15.3 Å². The van der Waals surface area contributed by atoms with Crippen molar-refractivity contribution >= 4 is 12.1 Å². The second-order valence-electron chi connectivity index (χ2n) is 4.70. The Hall–Kier alpha value is -3.63. The monoisotopic (exact) mass is 349 g/mol. The molecule has 0 aliphatic carbocycles. The summed E-state index contributed by atoms with van der Waals surface area (Å²) in [6.45, 7) is 0. The van der Waals surface area contributed by atoms with Crippen LogP contribution in [0.4, 0.5) is 0 Å². The van der Waals surface area contributed by atoms with Crippen LogP contribution in [0.5, 0.6) is 17.2 Å². The molecule has 25 heavy (non-hydrogen) atoms. The lowest BCUT2D eigenvalue weighted by molar-refractivity contribution is -0.120. The molecule has 0 saturated heterocycles. The molecule has 0 radical (unpaired) electrons. The molecule has 0 bridgehead atoms. The molecule has 11 nitrogen and oxygen atoms in total. The Kier molecular flexibility index (Phi) is 5.50. The van der Waals surface area contributed by atoms with Crippen LogP contribution in [0.1, 0.15) is 11.3 Å². The van der Waals surface area contributed by atoms with Gasteiger partial charge in [-0.05, 0) is 12.1 Å². The minimum atomic E-state index is -0.762. The highest BCUT2D eigenvalue weighted by atomic mass is 16.5. The van der Waals surface area contributed by atoms with E-state index >= 15 is 0 Å². The van der Waals surface area contributed by atoms with E-state index in [1.807, 2.05) is 10.1 Å². The number of carbonyl (C=O) groups excluding carboxylic acids is 1. The standard InChI is InChI=1S/C14H15N5O6/c1-24-9-3-7(4-10(25-2)12(9)21)6-15-18-11(20)5-8-13(22)16-14(23)19-17-8/h3-4,6,21H,5H2,1-2H3,(H,18,20)(H2,16,19,22,23). The number of benzene rings is 1. The first-order valence-electron chi connectivity index (χ1n) is 6.89. The van der Waals surface area contributed by atoms with E-state index in [-0.39, 0.29) is 29.4 Å². The number of ether oxygens (including phenoxy) is 2. The van der Waals surface area contributed by atoms with Gasteiger partial charge in [-0.3, -0.25) is 14.6 Å². The zero-order valence-electron chi connectivity index (χ0n) is 13.3. The smallest absolute Gasteiger partial charge is 0.342 e. The van der Waals surface area contributed by atoms with Crippen molar-refractivity contribution in [1.82, 2.24) is 20.6 Å². The van der Waals surface area contributed by atoms with Crippen LogP contribution < -0.4 is 26.1 Å². The van der Waals surface area contributed by atoms with Gasteiger partial charge in [-0.1, -0.05) is 0 Å². The first-order chi connectivity index (χ1) is 11.9. The summed E-state index contributed by atoms with van der Waals surface area (Å²) in [5.74, 6) is -0.416. The fraction of sp³-hybridized carbons (Fsp3) is 0.214. The summed E-state index contributed by atoms with van der Waals surface area (Å²) >= 11 is 0. The molecule has 132 valence electrons. The molecule has 1 heterocycles. The number of nitrogens with one attached hydrogen (secondary N) is 3. The van der Waals surface area contributed by atoms with E-state index in [2.05, 4.69) is 15.6 Å². The maximum Gasteiger partial charge on any atom is 0.342 e. The Morgan fingerprint density at radius 1 is 1.32 bits per heavy atom. The summed E-state index contributed by atoms with van der Waals surface area (Å²) in [4.78, 5) is 36.0. The van der Waals surface area contributed by atoms with Crippen molar-refractivity contribution in [2.24, 2.45) is 5.10 Å². The number of aromatic hydroxyl groups is 1. The molecule has 0 aliphatic rings. The Balaban J connectivity index is 2.06. The average Bonchev–Trinajstić information content (AvgIpc) is 2.58. The number of hydrazone groups is 1. The number of amides is 1. The van der Waals surface area contributed by atoms with Crippen molar-refractivity contribution in [3.05, 3.63) is 44.2 Å². The van der Waals surface area contributed by atoms with Gasteiger partial charge in [0.1, 0.15) is 5.69 Å². The summed E-state index contributed by atoms with van der Waals surface area (Å²) in [5.41, 5.74) is 1.04. The second kappa shape index (κ2) is 7.77. The van der Waals surface area contributed by atoms with Crippen LogP contribution in [0.3, 0.4) is 0 Å². The maximum absolute atomic E-state index is 11.7. The van der Waals surface area contributed by atoms with Gasteiger partial charge in [0, 0.05) is 5.56 Å². The SMILES string of the molecule is COc1cc(C=NNC(=O)Cc2n[nH]c(=O)[nH]c2=O)cc(OC)c1O. The number of methoxy groups -OCH3 is 2. The summed E-state index contributed by atoms with van der Waals surface area (Å²) in [6, 6.07) is 2.98. The Bertz CT molecular complexity index is 891. The first kappa shape index (κ1) is 17.7. The highest BCUT2D eigenvalue weighted by Crippen LogP contribution is 2.36. The molecule has 11 heteroatoms. The quantitative estimate of drug-likeness (QED) is 0.379. The van der Waals surface area contributed by atoms with Crippen molar-refractivity contribution in [1.29, 1.82) is 0 Å². The molecule has 1 aromatic heterocycles. The normalized spacial score (nSPS) is 10.6. The van der Waals surface area contributed by atoms with Gasteiger partial charge in [-0.2, -0.15) is 10.2 Å². The number of carbonyl (C=O) groups is 1. The van der Waals surface area contributed by atoms with Crippen LogP contribution >= 0.6 is 0 Å². The van der Waals surface area contributed by atoms with Crippen molar-refractivity contribution in [2.45, 2.75) is 6.42 Å². The van der Waals surface area contributed by atoms with E-state index in [0.717, 1.165) is 0 Å². The molecule has 0 atom stereocenters. The summed E-state index contributed by atoms with van der Waals surface area (Å²) in [5, 5.41) is 19.1. The second-order valence-corrected chi connectivity index (χ2v) is 4.70. The number of aromatic amines is 2. The summed E-state index contributed by atoms with van der Waals surface area (Å²) in [6.07, 6.45) is 0.929. The van der Waals surface area contributed by atoms with Gasteiger partial charge in [0.25, 0.3) is 5.56 Å². The molecule has 2 aromatic rings. The van der Waals surface area contributed by atoms with Gasteiger partial charge in [-0.15, -0.1) is 0 Å². The zero-order chi connectivity index (χ0) is 18.4. The fourth-order valence-corrected chi connectivity index (χ4v) is 1.85. The Morgan fingerprint density at radius 2 is 1.96 bits per heavy atom. The van der Waals surface area contributed by atoms with Gasteiger partial charge in [0.2, 0.25) is 11.7 Å². The molecule has 0 saturated carbocycles. The Labute approximate surface area is 140 Å². The summed E-state index contributed by atoms with van der Waals surface area (Å²) < 4.78 is 10.0.